The molecule has 2 heterocycles. The normalized spacial score (nSPS) is 23.1. The monoisotopic (exact) mass is 411 g/mol. The molecule has 0 saturated heterocycles. The molecule has 1 aliphatic rings. The standard InChI is InChI=1S/C23H26ClN3O2/c1-2-20(25)23(21-5-3-4-11-26-21)9-6-16(7-10-23)29-19-13-15-8-12-27-22(28)17(15)14-18(19)24/h3-5,8,11-14,16,20H,2,6-7,9-10,25H2,1H3,(H,27,28)/t16-,20-,23+/m1/s1. The molecular formula is C23H26ClN3O2. The van der Waals surface area contributed by atoms with Crippen molar-refractivity contribution in [1.82, 2.24) is 9.97 Å². The van der Waals surface area contributed by atoms with Gasteiger partial charge in [0.05, 0.1) is 11.1 Å². The highest BCUT2D eigenvalue weighted by Crippen LogP contribution is 2.43. The van der Waals surface area contributed by atoms with Crippen molar-refractivity contribution in [2.24, 2.45) is 5.73 Å². The van der Waals surface area contributed by atoms with Gasteiger partial charge in [0, 0.05) is 34.9 Å². The Morgan fingerprint density at radius 3 is 2.79 bits per heavy atom. The summed E-state index contributed by atoms with van der Waals surface area (Å²) in [4.78, 5) is 19.3. The molecule has 0 amide bonds. The Kier molecular flexibility index (Phi) is 5.61. The van der Waals surface area contributed by atoms with Crippen LogP contribution < -0.4 is 16.0 Å². The second-order valence-electron chi connectivity index (χ2n) is 7.88. The number of ether oxygens (including phenoxy) is 1. The van der Waals surface area contributed by atoms with Crippen molar-refractivity contribution in [3.8, 4) is 5.75 Å². The summed E-state index contributed by atoms with van der Waals surface area (Å²) in [5.41, 5.74) is 7.39. The highest BCUT2D eigenvalue weighted by atomic mass is 35.5. The zero-order chi connectivity index (χ0) is 20.4. The first-order chi connectivity index (χ1) is 14.0. The second-order valence-corrected chi connectivity index (χ2v) is 8.29. The lowest BCUT2D eigenvalue weighted by Crippen LogP contribution is -2.49. The fourth-order valence-corrected chi connectivity index (χ4v) is 4.76. The van der Waals surface area contributed by atoms with Crippen LogP contribution in [0, 0.1) is 0 Å². The molecule has 1 aromatic carbocycles. The predicted octanol–water partition coefficient (Wildman–Crippen LogP) is 4.57. The van der Waals surface area contributed by atoms with Gasteiger partial charge < -0.3 is 15.5 Å². The summed E-state index contributed by atoms with van der Waals surface area (Å²) in [7, 11) is 0. The number of hydrogen-bond donors (Lipinski definition) is 2. The van der Waals surface area contributed by atoms with Crippen LogP contribution in [0.15, 0.2) is 53.6 Å². The minimum absolute atomic E-state index is 0.0628. The lowest BCUT2D eigenvalue weighted by molar-refractivity contribution is 0.102. The number of nitrogens with zero attached hydrogens (tertiary/aromatic N) is 1. The van der Waals surface area contributed by atoms with Crippen molar-refractivity contribution in [2.45, 2.75) is 56.6 Å². The second kappa shape index (κ2) is 8.17. The highest BCUT2D eigenvalue weighted by molar-refractivity contribution is 6.32. The largest absolute Gasteiger partial charge is 0.489 e. The number of halogens is 1. The molecule has 0 aliphatic heterocycles. The van der Waals surface area contributed by atoms with Crippen LogP contribution >= 0.6 is 11.6 Å². The van der Waals surface area contributed by atoms with Gasteiger partial charge in [0.15, 0.2) is 0 Å². The molecule has 152 valence electrons. The van der Waals surface area contributed by atoms with Crippen LogP contribution in [0.5, 0.6) is 5.75 Å². The van der Waals surface area contributed by atoms with Crippen molar-refractivity contribution in [1.29, 1.82) is 0 Å². The van der Waals surface area contributed by atoms with Gasteiger partial charge in [-0.05, 0) is 67.8 Å². The molecule has 29 heavy (non-hydrogen) atoms. The Bertz CT molecular complexity index is 1040. The molecule has 5 nitrogen and oxygen atoms in total. The number of benzene rings is 1. The van der Waals surface area contributed by atoms with Crippen LogP contribution in [0.3, 0.4) is 0 Å². The molecule has 0 radical (unpaired) electrons. The maximum atomic E-state index is 12.0. The predicted molar refractivity (Wildman–Crippen MR) is 117 cm³/mol. The van der Waals surface area contributed by atoms with E-state index in [4.69, 9.17) is 22.1 Å². The number of nitrogens with two attached hydrogens (primary N) is 1. The summed E-state index contributed by atoms with van der Waals surface area (Å²) < 4.78 is 6.27. The van der Waals surface area contributed by atoms with E-state index in [1.165, 1.54) is 0 Å². The Labute approximate surface area is 175 Å². The van der Waals surface area contributed by atoms with Gasteiger partial charge in [0.25, 0.3) is 5.56 Å². The number of fused-ring (bicyclic) bond motifs is 1. The van der Waals surface area contributed by atoms with Crippen LogP contribution in [0.2, 0.25) is 5.02 Å². The molecule has 3 aromatic rings. The number of hydrogen-bond acceptors (Lipinski definition) is 4. The molecule has 0 spiro atoms. The van der Waals surface area contributed by atoms with Crippen LogP contribution in [-0.4, -0.2) is 22.1 Å². The molecule has 1 saturated carbocycles. The summed E-state index contributed by atoms with van der Waals surface area (Å²) in [5, 5.41) is 1.84. The molecule has 1 atom stereocenters. The van der Waals surface area contributed by atoms with Crippen molar-refractivity contribution in [3.63, 3.8) is 0 Å². The van der Waals surface area contributed by atoms with Crippen molar-refractivity contribution < 1.29 is 4.74 Å². The molecule has 4 rings (SSSR count). The zero-order valence-corrected chi connectivity index (χ0v) is 17.3. The van der Waals surface area contributed by atoms with Crippen LogP contribution in [-0.2, 0) is 5.41 Å². The topological polar surface area (TPSA) is 81.0 Å². The summed E-state index contributed by atoms with van der Waals surface area (Å²) in [6.45, 7) is 2.13. The lowest BCUT2D eigenvalue weighted by atomic mass is 9.65. The Balaban J connectivity index is 1.54. The van der Waals surface area contributed by atoms with Gasteiger partial charge in [0.1, 0.15) is 5.75 Å². The van der Waals surface area contributed by atoms with E-state index < -0.39 is 0 Å². The molecule has 2 aromatic heterocycles. The Hall–Kier alpha value is -2.37. The summed E-state index contributed by atoms with van der Waals surface area (Å²) in [6.07, 6.45) is 8.07. The van der Waals surface area contributed by atoms with Gasteiger partial charge in [-0.2, -0.15) is 0 Å². The molecule has 3 N–H and O–H groups in total. The fourth-order valence-electron chi connectivity index (χ4n) is 4.55. The molecular weight excluding hydrogens is 386 g/mol. The maximum Gasteiger partial charge on any atom is 0.255 e. The van der Waals surface area contributed by atoms with E-state index in [1.807, 2.05) is 30.5 Å². The number of nitrogens with one attached hydrogen (secondary N) is 1. The van der Waals surface area contributed by atoms with E-state index in [9.17, 15) is 4.79 Å². The van der Waals surface area contributed by atoms with Crippen molar-refractivity contribution in [3.05, 3.63) is 69.9 Å². The van der Waals surface area contributed by atoms with E-state index >= 15 is 0 Å². The minimum Gasteiger partial charge on any atom is -0.489 e. The maximum absolute atomic E-state index is 12.0. The van der Waals surface area contributed by atoms with E-state index in [-0.39, 0.29) is 23.1 Å². The molecule has 0 unspecified atom stereocenters. The number of aromatic nitrogens is 2. The van der Waals surface area contributed by atoms with Crippen molar-refractivity contribution in [2.75, 3.05) is 0 Å². The lowest BCUT2D eigenvalue weighted by Gasteiger charge is -2.43. The quantitative estimate of drug-likeness (QED) is 0.644. The molecule has 1 aliphatic carbocycles. The van der Waals surface area contributed by atoms with Gasteiger partial charge in [-0.15, -0.1) is 0 Å². The number of aromatic amines is 1. The van der Waals surface area contributed by atoms with Crippen molar-refractivity contribution >= 4 is 22.4 Å². The van der Waals surface area contributed by atoms with E-state index in [1.54, 1.807) is 12.3 Å². The van der Waals surface area contributed by atoms with Crippen LogP contribution in [0.25, 0.3) is 10.8 Å². The van der Waals surface area contributed by atoms with Gasteiger partial charge >= 0.3 is 0 Å². The highest BCUT2D eigenvalue weighted by Gasteiger charge is 2.42. The fraction of sp³-hybridized carbons (Fsp3) is 0.391. The third-order valence-corrected chi connectivity index (χ3v) is 6.56. The summed E-state index contributed by atoms with van der Waals surface area (Å²) in [6, 6.07) is 11.5. The SMILES string of the molecule is CC[C@@H](N)[C@]1(c2ccccn2)CC[C@@H](Oc2cc3cc[nH]c(=O)c3cc2Cl)CC1. The smallest absolute Gasteiger partial charge is 0.255 e. The summed E-state index contributed by atoms with van der Waals surface area (Å²) >= 11 is 6.41. The Morgan fingerprint density at radius 1 is 1.31 bits per heavy atom. The number of H-pyrrole nitrogens is 1. The van der Waals surface area contributed by atoms with Gasteiger partial charge in [-0.1, -0.05) is 24.6 Å². The molecule has 6 heteroatoms. The first-order valence-corrected chi connectivity index (χ1v) is 10.6. The van der Waals surface area contributed by atoms with Gasteiger partial charge in [-0.25, -0.2) is 0 Å². The van der Waals surface area contributed by atoms with Gasteiger partial charge in [0.2, 0.25) is 0 Å². The minimum atomic E-state index is -0.151. The zero-order valence-electron chi connectivity index (χ0n) is 16.5. The third kappa shape index (κ3) is 3.77. The Morgan fingerprint density at radius 2 is 2.10 bits per heavy atom. The first kappa shape index (κ1) is 19.9. The van der Waals surface area contributed by atoms with E-state index in [0.717, 1.165) is 43.2 Å². The molecule has 0 bridgehead atoms. The van der Waals surface area contributed by atoms with E-state index in [0.29, 0.717) is 16.2 Å². The number of pyridine rings is 2. The van der Waals surface area contributed by atoms with Crippen LogP contribution in [0.4, 0.5) is 0 Å². The van der Waals surface area contributed by atoms with E-state index in [2.05, 4.69) is 23.0 Å². The average molecular weight is 412 g/mol. The number of rotatable bonds is 5. The molecule has 1 fully saturated rings. The first-order valence-electron chi connectivity index (χ1n) is 10.2. The third-order valence-electron chi connectivity index (χ3n) is 6.27. The average Bonchev–Trinajstić information content (AvgIpc) is 2.76. The summed E-state index contributed by atoms with van der Waals surface area (Å²) in [5.74, 6) is 0.625. The van der Waals surface area contributed by atoms with Gasteiger partial charge in [-0.3, -0.25) is 9.78 Å². The van der Waals surface area contributed by atoms with Crippen LogP contribution in [0.1, 0.15) is 44.7 Å².